The van der Waals surface area contributed by atoms with Crippen LogP contribution in [0.3, 0.4) is 0 Å². The van der Waals surface area contributed by atoms with Crippen molar-refractivity contribution in [3.8, 4) is 11.5 Å². The smallest absolute Gasteiger partial charge is 0.311 e. The highest BCUT2D eigenvalue weighted by atomic mass is 16.5. The summed E-state index contributed by atoms with van der Waals surface area (Å²) in [6, 6.07) is 13.6. The number of ether oxygens (including phenoxy) is 4. The van der Waals surface area contributed by atoms with Gasteiger partial charge in [0, 0.05) is 12.8 Å². The summed E-state index contributed by atoms with van der Waals surface area (Å²) in [7, 11) is 0. The maximum atomic E-state index is 11.9. The van der Waals surface area contributed by atoms with Crippen LogP contribution in [0.25, 0.3) is 0 Å². The third-order valence-corrected chi connectivity index (χ3v) is 5.65. The topological polar surface area (TPSA) is 66.9 Å². The maximum absolute atomic E-state index is 11.9. The Morgan fingerprint density at radius 3 is 2.09 bits per heavy atom. The zero-order chi connectivity index (χ0) is 24.7. The van der Waals surface area contributed by atoms with Crippen LogP contribution in [-0.4, -0.2) is 37.4 Å². The van der Waals surface area contributed by atoms with Crippen LogP contribution in [0.5, 0.6) is 11.5 Å². The number of benzene rings is 1. The molecule has 6 nitrogen and oxygen atoms in total. The van der Waals surface area contributed by atoms with Gasteiger partial charge in [-0.1, -0.05) is 6.07 Å². The van der Waals surface area contributed by atoms with Crippen LogP contribution in [0, 0.1) is 5.41 Å². The fraction of sp³-hybridized carbons (Fsp3) is 0.571. The van der Waals surface area contributed by atoms with Gasteiger partial charge in [-0.25, -0.2) is 0 Å². The second kappa shape index (κ2) is 15.3. The van der Waals surface area contributed by atoms with E-state index in [2.05, 4.69) is 4.98 Å². The molecule has 0 amide bonds. The first-order valence-electron chi connectivity index (χ1n) is 12.5. The van der Waals surface area contributed by atoms with Crippen molar-refractivity contribution in [3.63, 3.8) is 0 Å². The highest BCUT2D eigenvalue weighted by molar-refractivity contribution is 5.75. The number of esters is 1. The van der Waals surface area contributed by atoms with Gasteiger partial charge in [0.1, 0.15) is 11.5 Å². The SMILES string of the molecule is CCOC(=O)C(C)(C)CCCCOc1ccc(OCCCCCOC(C)c2ccccn2)cc1. The number of aromatic nitrogens is 1. The summed E-state index contributed by atoms with van der Waals surface area (Å²) in [5, 5.41) is 0. The molecule has 6 heteroatoms. The number of unbranched alkanes of at least 4 members (excludes halogenated alkanes) is 3. The van der Waals surface area contributed by atoms with E-state index in [9.17, 15) is 4.79 Å². The minimum Gasteiger partial charge on any atom is -0.494 e. The Bertz CT molecular complexity index is 807. The van der Waals surface area contributed by atoms with Crippen molar-refractivity contribution in [3.05, 3.63) is 54.4 Å². The van der Waals surface area contributed by atoms with E-state index >= 15 is 0 Å². The quantitative estimate of drug-likeness (QED) is 0.193. The predicted molar refractivity (Wildman–Crippen MR) is 134 cm³/mol. The Hall–Kier alpha value is -2.60. The molecule has 2 rings (SSSR count). The molecule has 2 aromatic rings. The fourth-order valence-electron chi connectivity index (χ4n) is 3.45. The van der Waals surface area contributed by atoms with Gasteiger partial charge in [0.05, 0.1) is 37.0 Å². The average molecular weight is 472 g/mol. The summed E-state index contributed by atoms with van der Waals surface area (Å²) in [5.74, 6) is 1.55. The summed E-state index contributed by atoms with van der Waals surface area (Å²) < 4.78 is 22.6. The molecule has 34 heavy (non-hydrogen) atoms. The van der Waals surface area contributed by atoms with Crippen LogP contribution in [0.15, 0.2) is 48.7 Å². The van der Waals surface area contributed by atoms with Crippen molar-refractivity contribution in [2.24, 2.45) is 5.41 Å². The standard InChI is InChI=1S/C28H41NO5/c1-5-31-27(30)28(3,4)18-8-12-22-34-25-16-14-24(15-17-25)33-21-11-6-10-20-32-23(2)26-13-7-9-19-29-26/h7,9,13-17,19,23H,5-6,8,10-12,18,20-22H2,1-4H3. The van der Waals surface area contributed by atoms with Gasteiger partial charge in [0.2, 0.25) is 0 Å². The van der Waals surface area contributed by atoms with Crippen LogP contribution in [0.1, 0.15) is 78.0 Å². The Labute approximate surface area is 205 Å². The number of hydrogen-bond acceptors (Lipinski definition) is 6. The number of pyridine rings is 1. The van der Waals surface area contributed by atoms with E-state index in [0.29, 0.717) is 19.8 Å². The summed E-state index contributed by atoms with van der Waals surface area (Å²) in [6.45, 7) is 10.2. The Balaban J connectivity index is 1.51. The average Bonchev–Trinajstić information content (AvgIpc) is 2.84. The molecule has 188 valence electrons. The molecule has 0 aliphatic carbocycles. The summed E-state index contributed by atoms with van der Waals surface area (Å²) in [6.07, 6.45) is 7.47. The van der Waals surface area contributed by atoms with Crippen molar-refractivity contribution in [1.29, 1.82) is 0 Å². The van der Waals surface area contributed by atoms with Crippen LogP contribution < -0.4 is 9.47 Å². The lowest BCUT2D eigenvalue weighted by Crippen LogP contribution is -2.26. The van der Waals surface area contributed by atoms with Gasteiger partial charge in [-0.05, 0) is 103 Å². The highest BCUT2D eigenvalue weighted by Crippen LogP contribution is 2.25. The van der Waals surface area contributed by atoms with Crippen molar-refractivity contribution in [1.82, 2.24) is 4.98 Å². The molecule has 0 bridgehead atoms. The Morgan fingerprint density at radius 2 is 1.50 bits per heavy atom. The molecule has 1 atom stereocenters. The number of carbonyl (C=O) groups is 1. The number of hydrogen-bond donors (Lipinski definition) is 0. The molecule has 0 spiro atoms. The van der Waals surface area contributed by atoms with Gasteiger partial charge in [-0.3, -0.25) is 9.78 Å². The summed E-state index contributed by atoms with van der Waals surface area (Å²) >= 11 is 0. The second-order valence-corrected chi connectivity index (χ2v) is 9.06. The van der Waals surface area contributed by atoms with Crippen molar-refractivity contribution in [2.45, 2.75) is 72.3 Å². The highest BCUT2D eigenvalue weighted by Gasteiger charge is 2.28. The fourth-order valence-corrected chi connectivity index (χ4v) is 3.45. The van der Waals surface area contributed by atoms with Gasteiger partial charge >= 0.3 is 5.97 Å². The lowest BCUT2D eigenvalue weighted by atomic mass is 9.87. The van der Waals surface area contributed by atoms with Gasteiger partial charge in [0.15, 0.2) is 0 Å². The lowest BCUT2D eigenvalue weighted by Gasteiger charge is -2.21. The zero-order valence-corrected chi connectivity index (χ0v) is 21.3. The predicted octanol–water partition coefficient (Wildman–Crippen LogP) is 6.55. The van der Waals surface area contributed by atoms with Crippen LogP contribution in [-0.2, 0) is 14.3 Å². The van der Waals surface area contributed by atoms with Gasteiger partial charge in [-0.2, -0.15) is 0 Å². The summed E-state index contributed by atoms with van der Waals surface area (Å²) in [4.78, 5) is 16.2. The van der Waals surface area contributed by atoms with Crippen LogP contribution >= 0.6 is 0 Å². The molecule has 0 aliphatic rings. The van der Waals surface area contributed by atoms with Gasteiger partial charge in [-0.15, -0.1) is 0 Å². The molecule has 0 fully saturated rings. The van der Waals surface area contributed by atoms with E-state index in [1.807, 2.05) is 70.2 Å². The van der Waals surface area contributed by atoms with Gasteiger partial charge in [0.25, 0.3) is 0 Å². The van der Waals surface area contributed by atoms with Crippen molar-refractivity contribution >= 4 is 5.97 Å². The largest absolute Gasteiger partial charge is 0.494 e. The van der Waals surface area contributed by atoms with E-state index < -0.39 is 5.41 Å². The maximum Gasteiger partial charge on any atom is 0.311 e. The zero-order valence-electron chi connectivity index (χ0n) is 21.3. The number of carbonyl (C=O) groups excluding carboxylic acids is 1. The Kier molecular flexibility index (Phi) is 12.5. The van der Waals surface area contributed by atoms with E-state index in [-0.39, 0.29) is 12.1 Å². The normalized spacial score (nSPS) is 12.2. The molecule has 0 N–H and O–H groups in total. The van der Waals surface area contributed by atoms with E-state index in [1.54, 1.807) is 6.20 Å². The Morgan fingerprint density at radius 1 is 0.882 bits per heavy atom. The molecule has 0 saturated heterocycles. The van der Waals surface area contributed by atoms with E-state index in [0.717, 1.165) is 62.3 Å². The monoisotopic (exact) mass is 471 g/mol. The molecule has 1 heterocycles. The molecular weight excluding hydrogens is 430 g/mol. The van der Waals surface area contributed by atoms with E-state index in [4.69, 9.17) is 18.9 Å². The molecule has 0 aliphatic heterocycles. The number of rotatable bonds is 17. The third-order valence-electron chi connectivity index (χ3n) is 5.65. The first-order chi connectivity index (χ1) is 16.4. The first-order valence-corrected chi connectivity index (χ1v) is 12.5. The van der Waals surface area contributed by atoms with E-state index in [1.165, 1.54) is 0 Å². The third kappa shape index (κ3) is 10.6. The van der Waals surface area contributed by atoms with Gasteiger partial charge < -0.3 is 18.9 Å². The minimum atomic E-state index is -0.444. The van der Waals surface area contributed by atoms with Crippen LogP contribution in [0.4, 0.5) is 0 Å². The second-order valence-electron chi connectivity index (χ2n) is 9.06. The number of nitrogens with zero attached hydrogens (tertiary/aromatic N) is 1. The summed E-state index contributed by atoms with van der Waals surface area (Å²) in [5.41, 5.74) is 0.524. The molecular formula is C28H41NO5. The molecule has 1 aromatic carbocycles. The van der Waals surface area contributed by atoms with Crippen molar-refractivity contribution < 1.29 is 23.7 Å². The molecule has 0 saturated carbocycles. The minimum absolute atomic E-state index is 0.0228. The molecule has 1 aromatic heterocycles. The van der Waals surface area contributed by atoms with Crippen molar-refractivity contribution in [2.75, 3.05) is 26.4 Å². The lowest BCUT2D eigenvalue weighted by molar-refractivity contribution is -0.153. The molecule has 0 radical (unpaired) electrons. The van der Waals surface area contributed by atoms with Crippen LogP contribution in [0.2, 0.25) is 0 Å². The first kappa shape index (κ1) is 27.6. The molecule has 1 unspecified atom stereocenters.